The van der Waals surface area contributed by atoms with Gasteiger partial charge >= 0.3 is 0 Å². The maximum absolute atomic E-state index is 4.31. The molecule has 0 fully saturated rings. The molecule has 74 valence electrons. The van der Waals surface area contributed by atoms with Crippen LogP contribution in [-0.2, 0) is 7.05 Å². The average molecular weight is 200 g/mol. The number of H-pyrrole nitrogens is 1. The fourth-order valence-electron chi connectivity index (χ4n) is 1.40. The Labute approximate surface area is 85.0 Å². The number of aromatic nitrogens is 6. The van der Waals surface area contributed by atoms with Crippen molar-refractivity contribution in [3.05, 3.63) is 24.8 Å². The molecular formula is C9H8N6. The highest BCUT2D eigenvalue weighted by Gasteiger charge is 2.06. The lowest BCUT2D eigenvalue weighted by atomic mass is 10.4. The molecule has 6 nitrogen and oxygen atoms in total. The highest BCUT2D eigenvalue weighted by atomic mass is 15.3. The molecule has 0 unspecified atom stereocenters. The van der Waals surface area contributed by atoms with E-state index in [9.17, 15) is 0 Å². The van der Waals surface area contributed by atoms with Crippen LogP contribution in [0.2, 0.25) is 0 Å². The number of rotatable bonds is 1. The molecule has 0 amide bonds. The maximum Gasteiger partial charge on any atom is 0.182 e. The van der Waals surface area contributed by atoms with E-state index in [1.807, 2.05) is 19.3 Å². The van der Waals surface area contributed by atoms with Crippen molar-refractivity contribution < 1.29 is 0 Å². The summed E-state index contributed by atoms with van der Waals surface area (Å²) in [6, 6.07) is 1.87. The molecule has 0 spiro atoms. The van der Waals surface area contributed by atoms with Crippen LogP contribution in [0.1, 0.15) is 0 Å². The number of imidazole rings is 1. The Morgan fingerprint density at radius 1 is 1.33 bits per heavy atom. The van der Waals surface area contributed by atoms with E-state index in [0.717, 1.165) is 16.9 Å². The third-order valence-electron chi connectivity index (χ3n) is 2.12. The van der Waals surface area contributed by atoms with E-state index in [2.05, 4.69) is 25.0 Å². The van der Waals surface area contributed by atoms with Gasteiger partial charge in [0.2, 0.25) is 0 Å². The summed E-state index contributed by atoms with van der Waals surface area (Å²) in [5.74, 6) is 0.604. The summed E-state index contributed by atoms with van der Waals surface area (Å²) >= 11 is 0. The first-order chi connectivity index (χ1) is 7.33. The van der Waals surface area contributed by atoms with E-state index in [4.69, 9.17) is 0 Å². The van der Waals surface area contributed by atoms with E-state index in [1.165, 1.54) is 0 Å². The van der Waals surface area contributed by atoms with Crippen LogP contribution in [0.25, 0.3) is 22.7 Å². The summed E-state index contributed by atoms with van der Waals surface area (Å²) < 4.78 is 1.72. The predicted molar refractivity (Wildman–Crippen MR) is 53.9 cm³/mol. The van der Waals surface area contributed by atoms with Crippen molar-refractivity contribution in [2.24, 2.45) is 7.05 Å². The lowest BCUT2D eigenvalue weighted by molar-refractivity contribution is 0.769. The molecule has 3 heterocycles. The van der Waals surface area contributed by atoms with Gasteiger partial charge in [-0.15, -0.1) is 0 Å². The van der Waals surface area contributed by atoms with Crippen LogP contribution in [0.15, 0.2) is 24.8 Å². The Kier molecular flexibility index (Phi) is 1.55. The van der Waals surface area contributed by atoms with Gasteiger partial charge in [-0.2, -0.15) is 5.10 Å². The molecule has 0 saturated heterocycles. The summed E-state index contributed by atoms with van der Waals surface area (Å²) in [7, 11) is 1.86. The second-order valence-corrected chi connectivity index (χ2v) is 3.20. The Balaban J connectivity index is 2.18. The first-order valence-electron chi connectivity index (χ1n) is 4.49. The van der Waals surface area contributed by atoms with E-state index >= 15 is 0 Å². The summed E-state index contributed by atoms with van der Waals surface area (Å²) in [6.45, 7) is 0. The van der Waals surface area contributed by atoms with Crippen molar-refractivity contribution >= 4 is 11.2 Å². The number of fused-ring (bicyclic) bond motifs is 1. The summed E-state index contributed by atoms with van der Waals surface area (Å²) in [5.41, 5.74) is 2.24. The number of nitrogens with zero attached hydrogens (tertiary/aromatic N) is 5. The monoisotopic (exact) mass is 200 g/mol. The third kappa shape index (κ3) is 1.26. The van der Waals surface area contributed by atoms with Crippen LogP contribution in [0.4, 0.5) is 0 Å². The van der Waals surface area contributed by atoms with Gasteiger partial charge in [0.15, 0.2) is 11.5 Å². The average Bonchev–Trinajstić information content (AvgIpc) is 2.84. The molecule has 0 atom stereocenters. The van der Waals surface area contributed by atoms with Crippen LogP contribution in [0, 0.1) is 0 Å². The predicted octanol–water partition coefficient (Wildman–Crippen LogP) is 0.753. The molecule has 3 aromatic heterocycles. The first-order valence-corrected chi connectivity index (χ1v) is 4.49. The third-order valence-corrected chi connectivity index (χ3v) is 2.12. The molecule has 0 aliphatic heterocycles. The summed E-state index contributed by atoms with van der Waals surface area (Å²) in [5, 5.41) is 4.23. The standard InChI is InChI=1S/C9H8N6/c1-15-3-2-6(14-15)8-10-4-7-9(13-8)12-5-11-7/h2-5H,1H3,(H,10,11,12,13). The molecule has 0 aliphatic carbocycles. The van der Waals surface area contributed by atoms with Crippen LogP contribution in [0.3, 0.4) is 0 Å². The van der Waals surface area contributed by atoms with Gasteiger partial charge in [0, 0.05) is 13.2 Å². The van der Waals surface area contributed by atoms with E-state index in [1.54, 1.807) is 17.2 Å². The zero-order valence-electron chi connectivity index (χ0n) is 8.05. The van der Waals surface area contributed by atoms with Crippen LogP contribution in [-0.4, -0.2) is 29.7 Å². The van der Waals surface area contributed by atoms with E-state index < -0.39 is 0 Å². The highest BCUT2D eigenvalue weighted by Crippen LogP contribution is 2.13. The van der Waals surface area contributed by atoms with Crippen molar-refractivity contribution in [1.82, 2.24) is 29.7 Å². The lowest BCUT2D eigenvalue weighted by Crippen LogP contribution is -1.92. The quantitative estimate of drug-likeness (QED) is 0.629. The number of nitrogens with one attached hydrogen (secondary N) is 1. The van der Waals surface area contributed by atoms with Crippen LogP contribution in [0.5, 0.6) is 0 Å². The van der Waals surface area contributed by atoms with Gasteiger partial charge in [0.25, 0.3) is 0 Å². The van der Waals surface area contributed by atoms with Gasteiger partial charge in [-0.25, -0.2) is 15.0 Å². The van der Waals surface area contributed by atoms with Crippen molar-refractivity contribution in [3.63, 3.8) is 0 Å². The molecule has 1 N–H and O–H groups in total. The van der Waals surface area contributed by atoms with Crippen LogP contribution >= 0.6 is 0 Å². The van der Waals surface area contributed by atoms with Gasteiger partial charge in [-0.05, 0) is 6.07 Å². The second-order valence-electron chi connectivity index (χ2n) is 3.20. The Hall–Kier alpha value is -2.24. The largest absolute Gasteiger partial charge is 0.329 e. The molecule has 0 aromatic carbocycles. The van der Waals surface area contributed by atoms with Gasteiger partial charge < -0.3 is 4.98 Å². The Morgan fingerprint density at radius 3 is 3.07 bits per heavy atom. The molecule has 3 aromatic rings. The summed E-state index contributed by atoms with van der Waals surface area (Å²) in [4.78, 5) is 15.5. The molecule has 0 radical (unpaired) electrons. The fourth-order valence-corrected chi connectivity index (χ4v) is 1.40. The van der Waals surface area contributed by atoms with Gasteiger partial charge in [-0.3, -0.25) is 4.68 Å². The number of hydrogen-bond donors (Lipinski definition) is 1. The highest BCUT2D eigenvalue weighted by molar-refractivity contribution is 5.70. The number of aryl methyl sites for hydroxylation is 1. The smallest absolute Gasteiger partial charge is 0.182 e. The van der Waals surface area contributed by atoms with Gasteiger partial charge in [0.1, 0.15) is 11.2 Å². The first kappa shape index (κ1) is 8.10. The van der Waals surface area contributed by atoms with Crippen molar-refractivity contribution in [3.8, 4) is 11.5 Å². The molecule has 0 aliphatic rings. The summed E-state index contributed by atoms with van der Waals surface area (Å²) in [6.07, 6.45) is 5.14. The molecule has 0 bridgehead atoms. The molecular weight excluding hydrogens is 192 g/mol. The molecule has 3 rings (SSSR count). The van der Waals surface area contributed by atoms with Crippen LogP contribution < -0.4 is 0 Å². The van der Waals surface area contributed by atoms with E-state index in [-0.39, 0.29) is 0 Å². The fraction of sp³-hybridized carbons (Fsp3) is 0.111. The Morgan fingerprint density at radius 2 is 2.27 bits per heavy atom. The molecule has 0 saturated carbocycles. The minimum absolute atomic E-state index is 0.604. The lowest BCUT2D eigenvalue weighted by Gasteiger charge is -1.94. The van der Waals surface area contributed by atoms with Gasteiger partial charge in [0.05, 0.1) is 12.5 Å². The molecule has 6 heteroatoms. The molecule has 15 heavy (non-hydrogen) atoms. The topological polar surface area (TPSA) is 72.3 Å². The Bertz CT molecular complexity index is 608. The van der Waals surface area contributed by atoms with Gasteiger partial charge in [-0.1, -0.05) is 0 Å². The van der Waals surface area contributed by atoms with E-state index in [0.29, 0.717) is 5.82 Å². The van der Waals surface area contributed by atoms with Crippen molar-refractivity contribution in [2.75, 3.05) is 0 Å². The normalized spacial score (nSPS) is 11.0. The number of aromatic amines is 1. The zero-order chi connectivity index (χ0) is 10.3. The minimum Gasteiger partial charge on any atom is -0.329 e. The van der Waals surface area contributed by atoms with Crippen molar-refractivity contribution in [1.29, 1.82) is 0 Å². The van der Waals surface area contributed by atoms with Crippen molar-refractivity contribution in [2.45, 2.75) is 0 Å². The minimum atomic E-state index is 0.604. The SMILES string of the molecule is Cn1ccc(-c2ncc3nc[nH]c3n2)n1. The zero-order valence-corrected chi connectivity index (χ0v) is 8.05. The maximum atomic E-state index is 4.31. The second kappa shape index (κ2) is 2.88. The number of hydrogen-bond acceptors (Lipinski definition) is 4.